The second-order valence-corrected chi connectivity index (χ2v) is 7.13. The van der Waals surface area contributed by atoms with E-state index in [2.05, 4.69) is 16.8 Å². The van der Waals surface area contributed by atoms with Crippen molar-refractivity contribution >= 4 is 27.4 Å². The van der Waals surface area contributed by atoms with Crippen LogP contribution in [0.3, 0.4) is 0 Å². The molecule has 0 aromatic carbocycles. The normalized spacial score (nSPS) is 18.3. The van der Waals surface area contributed by atoms with Crippen LogP contribution in [0.15, 0.2) is 17.2 Å². The van der Waals surface area contributed by atoms with E-state index in [1.165, 1.54) is 16.6 Å². The highest BCUT2D eigenvalue weighted by molar-refractivity contribution is 7.89. The zero-order valence-electron chi connectivity index (χ0n) is 11.4. The number of piperazine rings is 1. The second kappa shape index (κ2) is 6.26. The minimum atomic E-state index is -3.54. The van der Waals surface area contributed by atoms with Crippen molar-refractivity contribution in [2.75, 3.05) is 38.5 Å². The maximum Gasteiger partial charge on any atom is 0.244 e. The van der Waals surface area contributed by atoms with Gasteiger partial charge >= 0.3 is 0 Å². The highest BCUT2D eigenvalue weighted by Crippen LogP contribution is 2.23. The van der Waals surface area contributed by atoms with Crippen LogP contribution in [0.1, 0.15) is 13.3 Å². The number of nitrogens with two attached hydrogens (primary N) is 1. The molecule has 0 atom stereocenters. The number of pyridine rings is 1. The van der Waals surface area contributed by atoms with Gasteiger partial charge in [0.15, 0.2) is 0 Å². The van der Waals surface area contributed by atoms with E-state index in [9.17, 15) is 8.42 Å². The number of hydrogen-bond acceptors (Lipinski definition) is 5. The zero-order chi connectivity index (χ0) is 14.8. The van der Waals surface area contributed by atoms with Gasteiger partial charge in [0.2, 0.25) is 10.0 Å². The van der Waals surface area contributed by atoms with Crippen LogP contribution in [0.2, 0.25) is 5.02 Å². The van der Waals surface area contributed by atoms with Crippen LogP contribution in [0, 0.1) is 0 Å². The van der Waals surface area contributed by atoms with E-state index in [4.69, 9.17) is 17.3 Å². The molecule has 1 aromatic heterocycles. The predicted molar refractivity (Wildman–Crippen MR) is 79.1 cm³/mol. The zero-order valence-corrected chi connectivity index (χ0v) is 13.0. The predicted octanol–water partition coefficient (Wildman–Crippen LogP) is 1.03. The molecule has 1 aliphatic rings. The number of rotatable bonds is 4. The number of sulfonamides is 1. The summed E-state index contributed by atoms with van der Waals surface area (Å²) in [5.41, 5.74) is 5.50. The van der Waals surface area contributed by atoms with E-state index in [1.807, 2.05) is 0 Å². The number of halogens is 1. The van der Waals surface area contributed by atoms with Crippen molar-refractivity contribution in [2.45, 2.75) is 18.2 Å². The van der Waals surface area contributed by atoms with Crippen LogP contribution in [0.4, 0.5) is 5.82 Å². The Balaban J connectivity index is 2.13. The molecule has 0 radical (unpaired) electrons. The third-order valence-electron chi connectivity index (χ3n) is 3.35. The first-order valence-electron chi connectivity index (χ1n) is 6.58. The second-order valence-electron chi connectivity index (χ2n) is 4.78. The lowest BCUT2D eigenvalue weighted by molar-refractivity contribution is 0.188. The molecule has 8 heteroatoms. The topological polar surface area (TPSA) is 79.5 Å². The monoisotopic (exact) mass is 318 g/mol. The Hall–Kier alpha value is -0.890. The number of hydrogen-bond donors (Lipinski definition) is 1. The molecule has 1 saturated heterocycles. The van der Waals surface area contributed by atoms with Crippen molar-refractivity contribution in [1.29, 1.82) is 0 Å². The first-order chi connectivity index (χ1) is 9.45. The molecule has 0 saturated carbocycles. The van der Waals surface area contributed by atoms with Gasteiger partial charge in [0.25, 0.3) is 0 Å². The lowest BCUT2D eigenvalue weighted by Gasteiger charge is -2.33. The molecule has 1 aliphatic heterocycles. The summed E-state index contributed by atoms with van der Waals surface area (Å²) < 4.78 is 26.4. The smallest absolute Gasteiger partial charge is 0.244 e. The van der Waals surface area contributed by atoms with E-state index in [0.717, 1.165) is 26.1 Å². The largest absolute Gasteiger partial charge is 0.382 e. The van der Waals surface area contributed by atoms with Crippen molar-refractivity contribution in [3.8, 4) is 0 Å². The summed E-state index contributed by atoms with van der Waals surface area (Å²) in [6.07, 6.45) is 2.33. The van der Waals surface area contributed by atoms with E-state index < -0.39 is 10.0 Å². The standard InChI is InChI=1S/C12H19ClN4O2S/c1-2-3-16-4-6-17(7-5-16)20(18,19)10-8-11(13)12(14)15-9-10/h8-9H,2-7H2,1H3,(H2,14,15). The molecule has 1 fully saturated rings. The Morgan fingerprint density at radius 2 is 2.00 bits per heavy atom. The molecule has 112 valence electrons. The molecule has 0 amide bonds. The lowest BCUT2D eigenvalue weighted by atomic mass is 10.3. The molecule has 1 aromatic rings. The summed E-state index contributed by atoms with van der Waals surface area (Å²) in [4.78, 5) is 6.18. The van der Waals surface area contributed by atoms with Crippen molar-refractivity contribution in [2.24, 2.45) is 0 Å². The minimum Gasteiger partial charge on any atom is -0.382 e. The van der Waals surface area contributed by atoms with Crippen molar-refractivity contribution in [3.05, 3.63) is 17.3 Å². The first-order valence-corrected chi connectivity index (χ1v) is 8.40. The summed E-state index contributed by atoms with van der Waals surface area (Å²) in [5.74, 6) is 0.137. The van der Waals surface area contributed by atoms with Crippen molar-refractivity contribution in [3.63, 3.8) is 0 Å². The van der Waals surface area contributed by atoms with Gasteiger partial charge in [-0.3, -0.25) is 0 Å². The minimum absolute atomic E-state index is 0.0978. The Morgan fingerprint density at radius 3 is 2.55 bits per heavy atom. The summed E-state index contributed by atoms with van der Waals surface area (Å²) >= 11 is 5.84. The highest BCUT2D eigenvalue weighted by atomic mass is 35.5. The third kappa shape index (κ3) is 3.22. The van der Waals surface area contributed by atoms with Gasteiger partial charge < -0.3 is 10.6 Å². The fourth-order valence-electron chi connectivity index (χ4n) is 2.23. The van der Waals surface area contributed by atoms with Crippen LogP contribution in [-0.2, 0) is 10.0 Å². The molecule has 2 rings (SSSR count). The molecule has 0 unspecified atom stereocenters. The Labute approximate surface area is 124 Å². The summed E-state index contributed by atoms with van der Waals surface area (Å²) in [7, 11) is -3.54. The number of nitrogens with zero attached hydrogens (tertiary/aromatic N) is 3. The Morgan fingerprint density at radius 1 is 1.35 bits per heavy atom. The van der Waals surface area contributed by atoms with Gasteiger partial charge in [-0.15, -0.1) is 0 Å². The van der Waals surface area contributed by atoms with Gasteiger partial charge in [-0.25, -0.2) is 13.4 Å². The summed E-state index contributed by atoms with van der Waals surface area (Å²) in [6, 6.07) is 1.36. The number of aromatic nitrogens is 1. The van der Waals surface area contributed by atoms with E-state index in [1.54, 1.807) is 0 Å². The first kappa shape index (κ1) is 15.5. The number of nitrogen functional groups attached to an aromatic ring is 1. The SMILES string of the molecule is CCCN1CCN(S(=O)(=O)c2cnc(N)c(Cl)c2)CC1. The molecule has 0 bridgehead atoms. The van der Waals surface area contributed by atoms with Crippen LogP contribution in [-0.4, -0.2) is 55.3 Å². The molecule has 2 heterocycles. The van der Waals surface area contributed by atoms with Crippen LogP contribution >= 0.6 is 11.6 Å². The lowest BCUT2D eigenvalue weighted by Crippen LogP contribution is -2.48. The maximum atomic E-state index is 12.5. The van der Waals surface area contributed by atoms with Gasteiger partial charge in [0.1, 0.15) is 10.7 Å². The van der Waals surface area contributed by atoms with Crippen LogP contribution < -0.4 is 5.73 Å². The molecular weight excluding hydrogens is 300 g/mol. The third-order valence-corrected chi connectivity index (χ3v) is 5.52. The molecule has 20 heavy (non-hydrogen) atoms. The maximum absolute atomic E-state index is 12.5. The van der Waals surface area contributed by atoms with Crippen molar-refractivity contribution < 1.29 is 8.42 Å². The molecule has 0 aliphatic carbocycles. The van der Waals surface area contributed by atoms with Gasteiger partial charge in [0.05, 0.1) is 5.02 Å². The quantitative estimate of drug-likeness (QED) is 0.897. The average molecular weight is 319 g/mol. The van der Waals surface area contributed by atoms with Gasteiger partial charge in [-0.05, 0) is 19.0 Å². The van der Waals surface area contributed by atoms with E-state index in [-0.39, 0.29) is 15.7 Å². The molecule has 6 nitrogen and oxygen atoms in total. The van der Waals surface area contributed by atoms with Gasteiger partial charge in [0, 0.05) is 32.4 Å². The molecule has 0 spiro atoms. The fraction of sp³-hybridized carbons (Fsp3) is 0.583. The highest BCUT2D eigenvalue weighted by Gasteiger charge is 2.28. The Kier molecular flexibility index (Phi) is 4.85. The van der Waals surface area contributed by atoms with Gasteiger partial charge in [-0.1, -0.05) is 18.5 Å². The fourth-order valence-corrected chi connectivity index (χ4v) is 3.86. The molecular formula is C12H19ClN4O2S. The van der Waals surface area contributed by atoms with Crippen molar-refractivity contribution in [1.82, 2.24) is 14.2 Å². The van der Waals surface area contributed by atoms with E-state index >= 15 is 0 Å². The van der Waals surface area contributed by atoms with Crippen LogP contribution in [0.25, 0.3) is 0 Å². The van der Waals surface area contributed by atoms with Crippen LogP contribution in [0.5, 0.6) is 0 Å². The Bertz CT molecular complexity index is 571. The van der Waals surface area contributed by atoms with Gasteiger partial charge in [-0.2, -0.15) is 4.31 Å². The summed E-state index contributed by atoms with van der Waals surface area (Å²) in [6.45, 7) is 5.61. The van der Waals surface area contributed by atoms with E-state index in [0.29, 0.717) is 13.1 Å². The summed E-state index contributed by atoms with van der Waals surface area (Å²) in [5, 5.41) is 0.163. The number of anilines is 1. The average Bonchev–Trinajstić information content (AvgIpc) is 2.43. The molecule has 2 N–H and O–H groups in total.